The van der Waals surface area contributed by atoms with Crippen LogP contribution in [0.1, 0.15) is 38.2 Å². The lowest BCUT2D eigenvalue weighted by atomic mass is 9.97. The largest absolute Gasteiger partial charge is 0.354 e. The second-order valence-corrected chi connectivity index (χ2v) is 7.45. The van der Waals surface area contributed by atoms with Crippen LogP contribution in [0.2, 0.25) is 0 Å². The standard InChI is InChI=1S/C20H28N4O3/c1-13(21)18(25)23-16-9-7-15-8-10-17(24(15)20(16)27)19(26)22-12-11-14-5-3-2-4-6-14/h2-6,13,15-17H,7-12,21H2,1H3,(H,22,26)(H,23,25). The fraction of sp³-hybridized carbons (Fsp3) is 0.550. The summed E-state index contributed by atoms with van der Waals surface area (Å²) in [7, 11) is 0. The number of carbonyl (C=O) groups excluding carboxylic acids is 3. The fourth-order valence-electron chi connectivity index (χ4n) is 3.95. The summed E-state index contributed by atoms with van der Waals surface area (Å²) < 4.78 is 0. The van der Waals surface area contributed by atoms with E-state index in [4.69, 9.17) is 5.73 Å². The number of rotatable bonds is 6. The van der Waals surface area contributed by atoms with Crippen LogP contribution < -0.4 is 16.4 Å². The first kappa shape index (κ1) is 19.4. The van der Waals surface area contributed by atoms with Crippen LogP contribution in [0.5, 0.6) is 0 Å². The van der Waals surface area contributed by atoms with E-state index < -0.39 is 18.1 Å². The van der Waals surface area contributed by atoms with Gasteiger partial charge in [-0.15, -0.1) is 0 Å². The summed E-state index contributed by atoms with van der Waals surface area (Å²) in [6, 6.07) is 8.35. The van der Waals surface area contributed by atoms with Gasteiger partial charge in [0.15, 0.2) is 0 Å². The van der Waals surface area contributed by atoms with Crippen molar-refractivity contribution in [3.8, 4) is 0 Å². The van der Waals surface area contributed by atoms with Crippen LogP contribution in [0.25, 0.3) is 0 Å². The lowest BCUT2D eigenvalue weighted by Crippen LogP contribution is -2.60. The molecular weight excluding hydrogens is 344 g/mol. The van der Waals surface area contributed by atoms with Crippen LogP contribution in [0, 0.1) is 0 Å². The number of nitrogens with two attached hydrogens (primary N) is 1. The Morgan fingerprint density at radius 2 is 1.89 bits per heavy atom. The predicted molar refractivity (Wildman–Crippen MR) is 102 cm³/mol. The first-order valence-corrected chi connectivity index (χ1v) is 9.67. The fourth-order valence-corrected chi connectivity index (χ4v) is 3.95. The average molecular weight is 372 g/mol. The lowest BCUT2D eigenvalue weighted by molar-refractivity contribution is -0.146. The molecule has 2 saturated heterocycles. The van der Waals surface area contributed by atoms with Crippen molar-refractivity contribution in [1.82, 2.24) is 15.5 Å². The topological polar surface area (TPSA) is 105 Å². The SMILES string of the molecule is CC(N)C(=O)NC1CCC2CCC(C(=O)NCCc3ccccc3)N2C1=O. The maximum absolute atomic E-state index is 12.9. The van der Waals surface area contributed by atoms with Crippen LogP contribution in [-0.4, -0.2) is 53.3 Å². The Balaban J connectivity index is 1.57. The van der Waals surface area contributed by atoms with Crippen LogP contribution in [-0.2, 0) is 20.8 Å². The summed E-state index contributed by atoms with van der Waals surface area (Å²) >= 11 is 0. The zero-order valence-corrected chi connectivity index (χ0v) is 15.7. The monoisotopic (exact) mass is 372 g/mol. The molecule has 0 aliphatic carbocycles. The minimum atomic E-state index is -0.661. The number of hydrogen-bond acceptors (Lipinski definition) is 4. The van der Waals surface area contributed by atoms with Gasteiger partial charge < -0.3 is 21.3 Å². The molecule has 7 nitrogen and oxygen atoms in total. The van der Waals surface area contributed by atoms with Gasteiger partial charge in [-0.1, -0.05) is 30.3 Å². The van der Waals surface area contributed by atoms with Crippen molar-refractivity contribution in [3.63, 3.8) is 0 Å². The van der Waals surface area contributed by atoms with Crippen molar-refractivity contribution >= 4 is 17.7 Å². The molecule has 4 unspecified atom stereocenters. The molecule has 1 aromatic rings. The highest BCUT2D eigenvalue weighted by Gasteiger charge is 2.46. The molecule has 4 N–H and O–H groups in total. The number of fused-ring (bicyclic) bond motifs is 1. The van der Waals surface area contributed by atoms with E-state index in [1.165, 1.54) is 0 Å². The number of nitrogens with zero attached hydrogens (tertiary/aromatic N) is 1. The van der Waals surface area contributed by atoms with E-state index >= 15 is 0 Å². The van der Waals surface area contributed by atoms with Gasteiger partial charge in [0.2, 0.25) is 17.7 Å². The minimum Gasteiger partial charge on any atom is -0.354 e. The molecule has 3 rings (SSSR count). The van der Waals surface area contributed by atoms with Crippen molar-refractivity contribution in [1.29, 1.82) is 0 Å². The van der Waals surface area contributed by atoms with Gasteiger partial charge in [0.25, 0.3) is 0 Å². The maximum Gasteiger partial charge on any atom is 0.246 e. The summed E-state index contributed by atoms with van der Waals surface area (Å²) in [5.41, 5.74) is 6.74. The number of hydrogen-bond donors (Lipinski definition) is 3. The third kappa shape index (κ3) is 4.47. The van der Waals surface area contributed by atoms with Gasteiger partial charge in [0.1, 0.15) is 12.1 Å². The molecule has 7 heteroatoms. The van der Waals surface area contributed by atoms with E-state index in [2.05, 4.69) is 10.6 Å². The highest BCUT2D eigenvalue weighted by Crippen LogP contribution is 2.32. The van der Waals surface area contributed by atoms with Crippen molar-refractivity contribution in [2.45, 2.75) is 63.2 Å². The second kappa shape index (κ2) is 8.52. The van der Waals surface area contributed by atoms with Crippen LogP contribution in [0.15, 0.2) is 30.3 Å². The molecule has 0 radical (unpaired) electrons. The molecule has 0 saturated carbocycles. The number of nitrogens with one attached hydrogen (secondary N) is 2. The van der Waals surface area contributed by atoms with E-state index in [0.717, 1.165) is 24.8 Å². The molecule has 2 fully saturated rings. The first-order valence-electron chi connectivity index (χ1n) is 9.67. The van der Waals surface area contributed by atoms with Crippen molar-refractivity contribution in [2.24, 2.45) is 5.73 Å². The van der Waals surface area contributed by atoms with E-state index in [0.29, 0.717) is 19.4 Å². The normalized spacial score (nSPS) is 25.6. The Morgan fingerprint density at radius 1 is 1.19 bits per heavy atom. The van der Waals surface area contributed by atoms with Gasteiger partial charge in [-0.25, -0.2) is 0 Å². The summed E-state index contributed by atoms with van der Waals surface area (Å²) in [5, 5.41) is 5.68. The Labute approximate surface area is 159 Å². The number of benzene rings is 1. The van der Waals surface area contributed by atoms with Gasteiger partial charge in [0.05, 0.1) is 6.04 Å². The van der Waals surface area contributed by atoms with Crippen molar-refractivity contribution in [3.05, 3.63) is 35.9 Å². The predicted octanol–water partition coefficient (Wildman–Crippen LogP) is 0.331. The summed E-state index contributed by atoms with van der Waals surface area (Å²) in [5.74, 6) is -0.614. The molecule has 0 bridgehead atoms. The van der Waals surface area contributed by atoms with Gasteiger partial charge >= 0.3 is 0 Å². The van der Waals surface area contributed by atoms with E-state index in [1.807, 2.05) is 30.3 Å². The lowest BCUT2D eigenvalue weighted by Gasteiger charge is -2.38. The Morgan fingerprint density at radius 3 is 2.59 bits per heavy atom. The zero-order valence-electron chi connectivity index (χ0n) is 15.7. The number of carbonyl (C=O) groups is 3. The third-order valence-electron chi connectivity index (χ3n) is 5.43. The molecule has 146 valence electrons. The average Bonchev–Trinajstić information content (AvgIpc) is 3.09. The first-order chi connectivity index (χ1) is 13.0. The Bertz CT molecular complexity index is 692. The van der Waals surface area contributed by atoms with E-state index in [-0.39, 0.29) is 23.8 Å². The zero-order chi connectivity index (χ0) is 19.4. The van der Waals surface area contributed by atoms with Crippen molar-refractivity contribution < 1.29 is 14.4 Å². The number of piperidine rings is 1. The highest BCUT2D eigenvalue weighted by molar-refractivity contribution is 5.94. The van der Waals surface area contributed by atoms with Gasteiger partial charge in [-0.05, 0) is 44.6 Å². The molecular formula is C20H28N4O3. The van der Waals surface area contributed by atoms with E-state index in [1.54, 1.807) is 11.8 Å². The van der Waals surface area contributed by atoms with Crippen LogP contribution in [0.4, 0.5) is 0 Å². The third-order valence-corrected chi connectivity index (χ3v) is 5.43. The van der Waals surface area contributed by atoms with Crippen molar-refractivity contribution in [2.75, 3.05) is 6.54 Å². The smallest absolute Gasteiger partial charge is 0.246 e. The number of amides is 3. The summed E-state index contributed by atoms with van der Waals surface area (Å²) in [6.45, 7) is 2.13. The van der Waals surface area contributed by atoms with Gasteiger partial charge in [-0.2, -0.15) is 0 Å². The van der Waals surface area contributed by atoms with Gasteiger partial charge in [0, 0.05) is 12.6 Å². The molecule has 4 atom stereocenters. The van der Waals surface area contributed by atoms with E-state index in [9.17, 15) is 14.4 Å². The molecule has 2 aliphatic heterocycles. The molecule has 0 aromatic heterocycles. The molecule has 1 aromatic carbocycles. The molecule has 3 amide bonds. The summed E-state index contributed by atoms with van der Waals surface area (Å²) in [4.78, 5) is 39.1. The van der Waals surface area contributed by atoms with Crippen LogP contribution >= 0.6 is 0 Å². The maximum atomic E-state index is 12.9. The second-order valence-electron chi connectivity index (χ2n) is 7.45. The Hall–Kier alpha value is -2.41. The molecule has 27 heavy (non-hydrogen) atoms. The quantitative estimate of drug-likeness (QED) is 0.669. The summed E-state index contributed by atoms with van der Waals surface area (Å²) in [6.07, 6.45) is 3.64. The molecule has 0 spiro atoms. The minimum absolute atomic E-state index is 0.0887. The highest BCUT2D eigenvalue weighted by atomic mass is 16.2. The Kier molecular flexibility index (Phi) is 6.11. The molecule has 2 heterocycles. The van der Waals surface area contributed by atoms with Crippen LogP contribution in [0.3, 0.4) is 0 Å². The molecule has 2 aliphatic rings. The van der Waals surface area contributed by atoms with Gasteiger partial charge in [-0.3, -0.25) is 14.4 Å².